The summed E-state index contributed by atoms with van der Waals surface area (Å²) >= 11 is 0. The van der Waals surface area contributed by atoms with Crippen molar-refractivity contribution in [2.45, 2.75) is 6.10 Å². The van der Waals surface area contributed by atoms with Crippen LogP contribution in [0.1, 0.15) is 22.2 Å². The first-order chi connectivity index (χ1) is 12.7. The van der Waals surface area contributed by atoms with Crippen LogP contribution in [0.25, 0.3) is 10.8 Å². The standard InChI is InChI=1S/C20H19N3O3/c1-25-19-7-6-16(12-22-19)20(24)23-8-9-26-18(13-23)17-10-14-4-2-3-5-15(14)11-21-17/h2-7,10-12,18H,8-9,13H2,1H3/t18-/m1/s1. The lowest BCUT2D eigenvalue weighted by Gasteiger charge is -2.32. The van der Waals surface area contributed by atoms with Gasteiger partial charge in [-0.05, 0) is 17.5 Å². The number of ether oxygens (including phenoxy) is 2. The van der Waals surface area contributed by atoms with Gasteiger partial charge in [0.2, 0.25) is 5.88 Å². The number of pyridine rings is 2. The molecule has 3 aromatic rings. The Morgan fingerprint density at radius 2 is 2.00 bits per heavy atom. The Hall–Kier alpha value is -2.99. The number of carbonyl (C=O) groups excluding carboxylic acids is 1. The molecule has 3 heterocycles. The number of morpholine rings is 1. The van der Waals surface area contributed by atoms with E-state index >= 15 is 0 Å². The van der Waals surface area contributed by atoms with E-state index in [1.807, 2.05) is 30.5 Å². The van der Waals surface area contributed by atoms with Gasteiger partial charge in [0.05, 0.1) is 31.5 Å². The molecule has 6 nitrogen and oxygen atoms in total. The van der Waals surface area contributed by atoms with Gasteiger partial charge in [0.1, 0.15) is 6.10 Å². The van der Waals surface area contributed by atoms with Gasteiger partial charge in [-0.25, -0.2) is 4.98 Å². The molecule has 2 aromatic heterocycles. The van der Waals surface area contributed by atoms with Gasteiger partial charge in [-0.2, -0.15) is 0 Å². The van der Waals surface area contributed by atoms with E-state index in [1.54, 1.807) is 30.3 Å². The second-order valence-electron chi connectivity index (χ2n) is 6.16. The lowest BCUT2D eigenvalue weighted by Crippen LogP contribution is -2.42. The highest BCUT2D eigenvalue weighted by atomic mass is 16.5. The Morgan fingerprint density at radius 1 is 1.15 bits per heavy atom. The first kappa shape index (κ1) is 16.5. The number of rotatable bonds is 3. The van der Waals surface area contributed by atoms with Crippen molar-refractivity contribution in [3.05, 3.63) is 66.1 Å². The van der Waals surface area contributed by atoms with Crippen LogP contribution in [0.4, 0.5) is 0 Å². The summed E-state index contributed by atoms with van der Waals surface area (Å²) in [6.07, 6.45) is 3.16. The van der Waals surface area contributed by atoms with Gasteiger partial charge >= 0.3 is 0 Å². The molecular formula is C20H19N3O3. The fraction of sp³-hybridized carbons (Fsp3) is 0.250. The molecule has 1 saturated heterocycles. The van der Waals surface area contributed by atoms with Crippen molar-refractivity contribution in [2.75, 3.05) is 26.8 Å². The summed E-state index contributed by atoms with van der Waals surface area (Å²) in [5, 5.41) is 2.20. The van der Waals surface area contributed by atoms with Crippen LogP contribution in [-0.4, -0.2) is 47.6 Å². The Morgan fingerprint density at radius 3 is 2.77 bits per heavy atom. The van der Waals surface area contributed by atoms with Crippen molar-refractivity contribution >= 4 is 16.7 Å². The molecule has 0 unspecified atom stereocenters. The Balaban J connectivity index is 1.53. The van der Waals surface area contributed by atoms with Crippen LogP contribution in [-0.2, 0) is 4.74 Å². The van der Waals surface area contributed by atoms with Crippen molar-refractivity contribution in [3.63, 3.8) is 0 Å². The third-order valence-corrected chi connectivity index (χ3v) is 4.53. The number of hydrogen-bond acceptors (Lipinski definition) is 5. The molecule has 0 bridgehead atoms. The normalized spacial score (nSPS) is 17.3. The summed E-state index contributed by atoms with van der Waals surface area (Å²) in [7, 11) is 1.55. The molecule has 1 fully saturated rings. The number of nitrogens with zero attached hydrogens (tertiary/aromatic N) is 3. The van der Waals surface area contributed by atoms with E-state index in [-0.39, 0.29) is 12.0 Å². The molecule has 0 aliphatic carbocycles. The highest BCUT2D eigenvalue weighted by Gasteiger charge is 2.27. The molecule has 1 atom stereocenters. The largest absolute Gasteiger partial charge is 0.481 e. The average molecular weight is 349 g/mol. The highest BCUT2D eigenvalue weighted by Crippen LogP contribution is 2.24. The van der Waals surface area contributed by atoms with Gasteiger partial charge in [0.25, 0.3) is 5.91 Å². The first-order valence-electron chi connectivity index (χ1n) is 8.50. The Kier molecular flexibility index (Phi) is 4.50. The summed E-state index contributed by atoms with van der Waals surface area (Å²) in [6.45, 7) is 1.50. The van der Waals surface area contributed by atoms with E-state index in [4.69, 9.17) is 9.47 Å². The summed E-state index contributed by atoms with van der Waals surface area (Å²) < 4.78 is 10.9. The minimum absolute atomic E-state index is 0.0609. The number of fused-ring (bicyclic) bond motifs is 1. The molecule has 0 saturated carbocycles. The van der Waals surface area contributed by atoms with E-state index < -0.39 is 0 Å². The first-order valence-corrected chi connectivity index (χ1v) is 8.50. The number of amides is 1. The van der Waals surface area contributed by atoms with Gasteiger partial charge in [-0.1, -0.05) is 24.3 Å². The van der Waals surface area contributed by atoms with Gasteiger partial charge in [-0.3, -0.25) is 9.78 Å². The minimum Gasteiger partial charge on any atom is -0.481 e. The zero-order chi connectivity index (χ0) is 17.9. The lowest BCUT2D eigenvalue weighted by atomic mass is 10.1. The van der Waals surface area contributed by atoms with E-state index in [9.17, 15) is 4.79 Å². The van der Waals surface area contributed by atoms with Gasteiger partial charge < -0.3 is 14.4 Å². The van der Waals surface area contributed by atoms with Gasteiger partial charge in [0, 0.05) is 30.4 Å². The van der Waals surface area contributed by atoms with E-state index in [1.165, 1.54) is 0 Å². The third kappa shape index (κ3) is 3.23. The van der Waals surface area contributed by atoms with Crippen molar-refractivity contribution in [1.82, 2.24) is 14.9 Å². The summed E-state index contributed by atoms with van der Waals surface area (Å²) in [5.74, 6) is 0.427. The number of methoxy groups -OCH3 is 1. The molecule has 1 aromatic carbocycles. The highest BCUT2D eigenvalue weighted by molar-refractivity contribution is 5.94. The van der Waals surface area contributed by atoms with Crippen LogP contribution in [0, 0.1) is 0 Å². The molecule has 0 spiro atoms. The van der Waals surface area contributed by atoms with E-state index in [0.29, 0.717) is 31.1 Å². The zero-order valence-corrected chi connectivity index (χ0v) is 14.5. The number of carbonyl (C=O) groups is 1. The summed E-state index contributed by atoms with van der Waals surface area (Å²) in [6, 6.07) is 13.5. The Bertz CT molecular complexity index is 927. The number of hydrogen-bond donors (Lipinski definition) is 0. The number of aromatic nitrogens is 2. The molecule has 6 heteroatoms. The summed E-state index contributed by atoms with van der Waals surface area (Å²) in [5.41, 5.74) is 1.38. The second-order valence-corrected chi connectivity index (χ2v) is 6.16. The van der Waals surface area contributed by atoms with Crippen LogP contribution in [0.15, 0.2) is 54.9 Å². The smallest absolute Gasteiger partial charge is 0.255 e. The van der Waals surface area contributed by atoms with Crippen LogP contribution in [0.3, 0.4) is 0 Å². The van der Waals surface area contributed by atoms with Crippen molar-refractivity contribution in [2.24, 2.45) is 0 Å². The summed E-state index contributed by atoms with van der Waals surface area (Å²) in [4.78, 5) is 23.2. The number of benzene rings is 1. The third-order valence-electron chi connectivity index (χ3n) is 4.53. The van der Waals surface area contributed by atoms with Crippen LogP contribution >= 0.6 is 0 Å². The lowest BCUT2D eigenvalue weighted by molar-refractivity contribution is -0.0246. The van der Waals surface area contributed by atoms with E-state index in [0.717, 1.165) is 16.5 Å². The molecule has 26 heavy (non-hydrogen) atoms. The monoisotopic (exact) mass is 349 g/mol. The van der Waals surface area contributed by atoms with Crippen molar-refractivity contribution < 1.29 is 14.3 Å². The quantitative estimate of drug-likeness (QED) is 0.727. The molecule has 4 rings (SSSR count). The molecule has 0 radical (unpaired) electrons. The van der Waals surface area contributed by atoms with Crippen LogP contribution in [0.5, 0.6) is 5.88 Å². The molecule has 1 aliphatic heterocycles. The minimum atomic E-state index is -0.233. The molecule has 1 amide bonds. The average Bonchev–Trinajstić information content (AvgIpc) is 2.73. The maximum atomic E-state index is 12.8. The van der Waals surface area contributed by atoms with E-state index in [2.05, 4.69) is 16.0 Å². The molecular weight excluding hydrogens is 330 g/mol. The Labute approximate surface area is 151 Å². The van der Waals surface area contributed by atoms with Crippen LogP contribution < -0.4 is 4.74 Å². The SMILES string of the molecule is COc1ccc(C(=O)N2CCO[C@@H](c3cc4ccccc4cn3)C2)cn1. The topological polar surface area (TPSA) is 64.5 Å². The van der Waals surface area contributed by atoms with Gasteiger partial charge in [-0.15, -0.1) is 0 Å². The molecule has 132 valence electrons. The fourth-order valence-corrected chi connectivity index (χ4v) is 3.10. The predicted octanol–water partition coefficient (Wildman–Crippen LogP) is 2.85. The van der Waals surface area contributed by atoms with Crippen molar-refractivity contribution in [1.29, 1.82) is 0 Å². The molecule has 1 aliphatic rings. The van der Waals surface area contributed by atoms with Gasteiger partial charge in [0.15, 0.2) is 0 Å². The fourth-order valence-electron chi connectivity index (χ4n) is 3.10. The maximum Gasteiger partial charge on any atom is 0.255 e. The maximum absolute atomic E-state index is 12.8. The van der Waals surface area contributed by atoms with Crippen molar-refractivity contribution in [3.8, 4) is 5.88 Å². The predicted molar refractivity (Wildman–Crippen MR) is 97.1 cm³/mol. The second kappa shape index (κ2) is 7.09. The van der Waals surface area contributed by atoms with Crippen LogP contribution in [0.2, 0.25) is 0 Å². The molecule has 0 N–H and O–H groups in total. The zero-order valence-electron chi connectivity index (χ0n) is 14.5.